The smallest absolute Gasteiger partial charge is 0.327 e. The number of amides is 3. The minimum atomic E-state index is -0.813. The van der Waals surface area contributed by atoms with Crippen LogP contribution in [0.4, 0.5) is 10.6 Å². The Hall–Kier alpha value is -3.40. The van der Waals surface area contributed by atoms with Crippen LogP contribution in [0.3, 0.4) is 0 Å². The van der Waals surface area contributed by atoms with E-state index in [-0.39, 0.29) is 11.9 Å². The zero-order chi connectivity index (χ0) is 20.4. The van der Waals surface area contributed by atoms with Crippen LogP contribution in [-0.4, -0.2) is 51.9 Å². The summed E-state index contributed by atoms with van der Waals surface area (Å²) in [5, 5.41) is 9.13. The van der Waals surface area contributed by atoms with Crippen molar-refractivity contribution < 1.29 is 9.59 Å². The minimum absolute atomic E-state index is 0.0979. The molecule has 2 aliphatic rings. The first-order valence-electron chi connectivity index (χ1n) is 9.87. The number of pyridine rings is 1. The lowest BCUT2D eigenvalue weighted by molar-refractivity contribution is -0.134. The third kappa shape index (κ3) is 3.21. The Labute approximate surface area is 170 Å². The van der Waals surface area contributed by atoms with Crippen molar-refractivity contribution in [2.24, 2.45) is 0 Å². The van der Waals surface area contributed by atoms with Crippen molar-refractivity contribution >= 4 is 17.8 Å². The highest BCUT2D eigenvalue weighted by atomic mass is 16.2. The molecule has 1 spiro atoms. The highest BCUT2D eigenvalue weighted by Gasteiger charge is 2.57. The first-order valence-corrected chi connectivity index (χ1v) is 9.87. The molecule has 1 aromatic carbocycles. The van der Waals surface area contributed by atoms with Crippen molar-refractivity contribution in [3.63, 3.8) is 0 Å². The zero-order valence-corrected chi connectivity index (χ0v) is 16.4. The molecule has 2 fully saturated rings. The molecule has 1 aromatic heterocycles. The maximum absolute atomic E-state index is 13.3. The molecule has 0 unspecified atom stereocenters. The van der Waals surface area contributed by atoms with Gasteiger partial charge in [0.15, 0.2) is 0 Å². The largest absolute Gasteiger partial charge is 0.356 e. The van der Waals surface area contributed by atoms with E-state index in [1.807, 2.05) is 37.3 Å². The van der Waals surface area contributed by atoms with E-state index in [4.69, 9.17) is 5.26 Å². The lowest BCUT2D eigenvalue weighted by Crippen LogP contribution is -2.56. The molecule has 3 amide bonds. The number of benzene rings is 1. The number of rotatable bonds is 4. The molecule has 7 heteroatoms. The molecular weight excluding hydrogens is 366 g/mol. The second-order valence-corrected chi connectivity index (χ2v) is 7.44. The van der Waals surface area contributed by atoms with Crippen molar-refractivity contribution in [3.05, 3.63) is 59.8 Å². The van der Waals surface area contributed by atoms with E-state index in [0.717, 1.165) is 11.4 Å². The predicted octanol–water partition coefficient (Wildman–Crippen LogP) is 2.78. The maximum Gasteiger partial charge on any atom is 0.327 e. The topological polar surface area (TPSA) is 80.5 Å². The number of nitriles is 1. The summed E-state index contributed by atoms with van der Waals surface area (Å²) in [5.74, 6) is 0.636. The van der Waals surface area contributed by atoms with Crippen LogP contribution < -0.4 is 4.90 Å². The molecule has 4 rings (SSSR count). The van der Waals surface area contributed by atoms with Gasteiger partial charge in [0, 0.05) is 32.4 Å². The van der Waals surface area contributed by atoms with E-state index in [1.165, 1.54) is 4.90 Å². The van der Waals surface area contributed by atoms with Gasteiger partial charge in [-0.25, -0.2) is 9.78 Å². The third-order valence-electron chi connectivity index (χ3n) is 5.91. The molecule has 0 aliphatic carbocycles. The van der Waals surface area contributed by atoms with Gasteiger partial charge in [-0.2, -0.15) is 5.26 Å². The summed E-state index contributed by atoms with van der Waals surface area (Å²) in [4.78, 5) is 35.9. The van der Waals surface area contributed by atoms with E-state index < -0.39 is 5.54 Å². The number of carbonyl (C=O) groups is 2. The van der Waals surface area contributed by atoms with Crippen molar-refractivity contribution in [2.45, 2.75) is 31.8 Å². The molecule has 0 atom stereocenters. The van der Waals surface area contributed by atoms with Crippen LogP contribution in [0.2, 0.25) is 0 Å². The van der Waals surface area contributed by atoms with Crippen molar-refractivity contribution in [2.75, 3.05) is 24.5 Å². The van der Waals surface area contributed by atoms with Gasteiger partial charge >= 0.3 is 6.03 Å². The fourth-order valence-electron chi connectivity index (χ4n) is 4.30. The Morgan fingerprint density at radius 2 is 1.86 bits per heavy atom. The van der Waals surface area contributed by atoms with Crippen LogP contribution in [0.15, 0.2) is 48.7 Å². The number of aromatic nitrogens is 1. The van der Waals surface area contributed by atoms with Gasteiger partial charge in [0.2, 0.25) is 0 Å². The standard InChI is InChI=1S/C22H23N5O2/c1-2-26-20(28)22(27(21(26)29)16-17-6-4-3-5-7-17)9-12-25(13-10-22)19-14-18(15-23)8-11-24-19/h3-8,11,14H,2,9-10,12-13,16H2,1H3. The maximum atomic E-state index is 13.3. The monoisotopic (exact) mass is 389 g/mol. The summed E-state index contributed by atoms with van der Waals surface area (Å²) >= 11 is 0. The van der Waals surface area contributed by atoms with Crippen molar-refractivity contribution in [1.29, 1.82) is 5.26 Å². The number of nitrogens with zero attached hydrogens (tertiary/aromatic N) is 5. The lowest BCUT2D eigenvalue weighted by atomic mass is 9.85. The molecule has 3 heterocycles. The second kappa shape index (κ2) is 7.55. The van der Waals surface area contributed by atoms with Crippen molar-refractivity contribution in [1.82, 2.24) is 14.8 Å². The predicted molar refractivity (Wildman–Crippen MR) is 108 cm³/mol. The van der Waals surface area contributed by atoms with E-state index in [2.05, 4.69) is 16.0 Å². The highest BCUT2D eigenvalue weighted by molar-refractivity contribution is 6.07. The summed E-state index contributed by atoms with van der Waals surface area (Å²) in [6, 6.07) is 15.1. The molecule has 0 radical (unpaired) electrons. The summed E-state index contributed by atoms with van der Waals surface area (Å²) in [6.07, 6.45) is 2.71. The normalized spacial score (nSPS) is 18.4. The van der Waals surface area contributed by atoms with Crippen LogP contribution in [0.25, 0.3) is 0 Å². The van der Waals surface area contributed by atoms with Gasteiger partial charge in [0.1, 0.15) is 11.4 Å². The number of hydrogen-bond acceptors (Lipinski definition) is 5. The van der Waals surface area contributed by atoms with Crippen LogP contribution >= 0.6 is 0 Å². The fraction of sp³-hybridized carbons (Fsp3) is 0.364. The van der Waals surface area contributed by atoms with E-state index in [9.17, 15) is 9.59 Å². The number of piperidine rings is 1. The second-order valence-electron chi connectivity index (χ2n) is 7.44. The summed E-state index contributed by atoms with van der Waals surface area (Å²) < 4.78 is 0. The molecular formula is C22H23N5O2. The van der Waals surface area contributed by atoms with E-state index in [0.29, 0.717) is 44.6 Å². The molecule has 0 bridgehead atoms. The number of hydrogen-bond donors (Lipinski definition) is 0. The Morgan fingerprint density at radius 1 is 1.14 bits per heavy atom. The van der Waals surface area contributed by atoms with Gasteiger partial charge in [-0.05, 0) is 37.5 Å². The van der Waals surface area contributed by atoms with Crippen LogP contribution in [0.5, 0.6) is 0 Å². The lowest BCUT2D eigenvalue weighted by Gasteiger charge is -2.42. The Morgan fingerprint density at radius 3 is 2.52 bits per heavy atom. The van der Waals surface area contributed by atoms with Gasteiger partial charge in [0.05, 0.1) is 11.6 Å². The molecule has 2 saturated heterocycles. The Bertz CT molecular complexity index is 961. The fourth-order valence-corrected chi connectivity index (χ4v) is 4.30. The Kier molecular flexibility index (Phi) is 4.93. The van der Waals surface area contributed by atoms with Gasteiger partial charge in [-0.3, -0.25) is 9.69 Å². The van der Waals surface area contributed by atoms with E-state index >= 15 is 0 Å². The quantitative estimate of drug-likeness (QED) is 0.751. The number of carbonyl (C=O) groups excluding carboxylic acids is 2. The highest BCUT2D eigenvalue weighted by Crippen LogP contribution is 2.39. The third-order valence-corrected chi connectivity index (χ3v) is 5.91. The minimum Gasteiger partial charge on any atom is -0.356 e. The number of imide groups is 1. The SMILES string of the molecule is CCN1C(=O)N(Cc2ccccc2)C2(CCN(c3cc(C#N)ccn3)CC2)C1=O. The molecule has 2 aliphatic heterocycles. The number of likely N-dealkylation sites (N-methyl/N-ethyl adjacent to an activating group) is 1. The molecule has 29 heavy (non-hydrogen) atoms. The van der Waals surface area contributed by atoms with Crippen LogP contribution in [0, 0.1) is 11.3 Å². The molecule has 2 aromatic rings. The summed E-state index contributed by atoms with van der Waals surface area (Å²) in [7, 11) is 0. The van der Waals surface area contributed by atoms with E-state index in [1.54, 1.807) is 23.2 Å². The number of anilines is 1. The van der Waals surface area contributed by atoms with Gasteiger partial charge in [0.25, 0.3) is 5.91 Å². The van der Waals surface area contributed by atoms with Gasteiger partial charge in [-0.15, -0.1) is 0 Å². The summed E-state index contributed by atoms with van der Waals surface area (Å²) in [5.41, 5.74) is 0.758. The first-order chi connectivity index (χ1) is 14.1. The van der Waals surface area contributed by atoms with Gasteiger partial charge in [-0.1, -0.05) is 30.3 Å². The first kappa shape index (κ1) is 18.9. The average Bonchev–Trinajstić information content (AvgIpc) is 2.96. The zero-order valence-electron chi connectivity index (χ0n) is 16.4. The molecule has 0 N–H and O–H groups in total. The average molecular weight is 389 g/mol. The molecule has 148 valence electrons. The van der Waals surface area contributed by atoms with Crippen LogP contribution in [-0.2, 0) is 11.3 Å². The summed E-state index contributed by atoms with van der Waals surface area (Å²) in [6.45, 7) is 3.83. The van der Waals surface area contributed by atoms with Crippen molar-refractivity contribution in [3.8, 4) is 6.07 Å². The number of urea groups is 1. The van der Waals surface area contributed by atoms with Gasteiger partial charge < -0.3 is 9.80 Å². The van der Waals surface area contributed by atoms with Crippen LogP contribution in [0.1, 0.15) is 30.9 Å². The Balaban J connectivity index is 1.59. The molecule has 7 nitrogen and oxygen atoms in total. The molecule has 0 saturated carbocycles.